The van der Waals surface area contributed by atoms with Crippen LogP contribution in [0.3, 0.4) is 0 Å². The molecule has 16 heavy (non-hydrogen) atoms. The van der Waals surface area contributed by atoms with Gasteiger partial charge in [-0.15, -0.1) is 11.8 Å². The molecule has 1 aliphatic rings. The zero-order chi connectivity index (χ0) is 12.0. The Balaban J connectivity index is 2.29. The Kier molecular flexibility index (Phi) is 6.12. The van der Waals surface area contributed by atoms with Gasteiger partial charge < -0.3 is 19.8 Å². The van der Waals surface area contributed by atoms with E-state index < -0.39 is 6.10 Å². The van der Waals surface area contributed by atoms with Gasteiger partial charge in [0, 0.05) is 18.8 Å². The number of aliphatic hydroxyl groups is 2. The summed E-state index contributed by atoms with van der Waals surface area (Å²) in [6, 6.07) is 0. The number of hydrogen-bond acceptors (Lipinski definition) is 5. The lowest BCUT2D eigenvalue weighted by Crippen LogP contribution is -2.44. The molecule has 1 heterocycles. The van der Waals surface area contributed by atoms with Crippen LogP contribution in [0.1, 0.15) is 6.92 Å². The SMILES string of the molecule is CC(SCC(O)CO)C(=O)N1CCOCC1. The molecule has 1 amide bonds. The van der Waals surface area contributed by atoms with E-state index in [2.05, 4.69) is 0 Å². The molecule has 1 rings (SSSR count). The predicted molar refractivity (Wildman–Crippen MR) is 62.4 cm³/mol. The maximum absolute atomic E-state index is 11.9. The maximum Gasteiger partial charge on any atom is 0.235 e. The van der Waals surface area contributed by atoms with Gasteiger partial charge in [-0.05, 0) is 6.92 Å². The fraction of sp³-hybridized carbons (Fsp3) is 0.900. The molecule has 0 spiro atoms. The van der Waals surface area contributed by atoms with Crippen molar-refractivity contribution in [2.75, 3.05) is 38.7 Å². The average molecular weight is 249 g/mol. The van der Waals surface area contributed by atoms with Gasteiger partial charge in [0.25, 0.3) is 0 Å². The zero-order valence-corrected chi connectivity index (χ0v) is 10.3. The second kappa shape index (κ2) is 7.11. The van der Waals surface area contributed by atoms with E-state index in [0.29, 0.717) is 32.1 Å². The van der Waals surface area contributed by atoms with Crippen molar-refractivity contribution in [3.05, 3.63) is 0 Å². The van der Waals surface area contributed by atoms with Crippen LogP contribution in [0.2, 0.25) is 0 Å². The van der Waals surface area contributed by atoms with Crippen LogP contribution in [0.25, 0.3) is 0 Å². The summed E-state index contributed by atoms with van der Waals surface area (Å²) in [6.07, 6.45) is -0.745. The topological polar surface area (TPSA) is 70.0 Å². The van der Waals surface area contributed by atoms with Crippen molar-refractivity contribution < 1.29 is 19.7 Å². The van der Waals surface area contributed by atoms with Crippen LogP contribution in [-0.2, 0) is 9.53 Å². The molecule has 0 aromatic carbocycles. The van der Waals surface area contributed by atoms with E-state index in [1.165, 1.54) is 11.8 Å². The van der Waals surface area contributed by atoms with Gasteiger partial charge in [0.1, 0.15) is 0 Å². The molecule has 1 aliphatic heterocycles. The Bertz CT molecular complexity index is 221. The van der Waals surface area contributed by atoms with Gasteiger partial charge in [-0.1, -0.05) is 0 Å². The number of rotatable bonds is 5. The summed E-state index contributed by atoms with van der Waals surface area (Å²) in [4.78, 5) is 13.7. The number of hydrogen-bond donors (Lipinski definition) is 2. The van der Waals surface area contributed by atoms with Crippen LogP contribution >= 0.6 is 11.8 Å². The van der Waals surface area contributed by atoms with E-state index in [-0.39, 0.29) is 17.8 Å². The highest BCUT2D eigenvalue weighted by atomic mass is 32.2. The third-order valence-electron chi connectivity index (χ3n) is 2.42. The number of nitrogens with zero attached hydrogens (tertiary/aromatic N) is 1. The van der Waals surface area contributed by atoms with E-state index in [1.54, 1.807) is 4.90 Å². The van der Waals surface area contributed by atoms with Crippen LogP contribution in [0.5, 0.6) is 0 Å². The summed E-state index contributed by atoms with van der Waals surface area (Å²) in [5, 5.41) is 17.7. The van der Waals surface area contributed by atoms with Crippen molar-refractivity contribution in [2.45, 2.75) is 18.3 Å². The first-order valence-electron chi connectivity index (χ1n) is 5.42. The number of carbonyl (C=O) groups is 1. The number of morpholine rings is 1. The second-order valence-electron chi connectivity index (χ2n) is 3.75. The smallest absolute Gasteiger partial charge is 0.235 e. The third kappa shape index (κ3) is 4.29. The molecule has 1 saturated heterocycles. The van der Waals surface area contributed by atoms with Gasteiger partial charge in [0.05, 0.1) is 31.2 Å². The molecule has 6 heteroatoms. The second-order valence-corrected chi connectivity index (χ2v) is 5.12. The van der Waals surface area contributed by atoms with Crippen LogP contribution in [-0.4, -0.2) is 71.0 Å². The summed E-state index contributed by atoms with van der Waals surface area (Å²) in [6.45, 7) is 4.06. The number of aliphatic hydroxyl groups excluding tert-OH is 2. The molecule has 1 fully saturated rings. The van der Waals surface area contributed by atoms with Crippen molar-refractivity contribution in [1.82, 2.24) is 4.90 Å². The Hall–Kier alpha value is -0.300. The minimum atomic E-state index is -0.745. The number of amides is 1. The molecule has 0 aliphatic carbocycles. The maximum atomic E-state index is 11.9. The van der Waals surface area contributed by atoms with Gasteiger partial charge in [0.15, 0.2) is 0 Å². The highest BCUT2D eigenvalue weighted by Crippen LogP contribution is 2.15. The van der Waals surface area contributed by atoms with E-state index >= 15 is 0 Å². The Morgan fingerprint density at radius 2 is 2.12 bits per heavy atom. The van der Waals surface area contributed by atoms with Crippen molar-refractivity contribution in [1.29, 1.82) is 0 Å². The summed E-state index contributed by atoms with van der Waals surface area (Å²) in [5.41, 5.74) is 0. The first-order chi connectivity index (χ1) is 7.65. The highest BCUT2D eigenvalue weighted by Gasteiger charge is 2.23. The van der Waals surface area contributed by atoms with Crippen molar-refractivity contribution in [3.8, 4) is 0 Å². The van der Waals surface area contributed by atoms with E-state index in [0.717, 1.165) is 0 Å². The van der Waals surface area contributed by atoms with Gasteiger partial charge in [0.2, 0.25) is 5.91 Å². The first-order valence-corrected chi connectivity index (χ1v) is 6.47. The van der Waals surface area contributed by atoms with Crippen LogP contribution in [0.15, 0.2) is 0 Å². The first kappa shape index (κ1) is 13.8. The Labute approximate surface area is 99.8 Å². The average Bonchev–Trinajstić information content (AvgIpc) is 2.35. The van der Waals surface area contributed by atoms with E-state index in [9.17, 15) is 9.90 Å². The van der Waals surface area contributed by atoms with Gasteiger partial charge >= 0.3 is 0 Å². The summed E-state index contributed by atoms with van der Waals surface area (Å²) in [5.74, 6) is 0.465. The molecule has 0 aromatic rings. The minimum absolute atomic E-state index is 0.0819. The van der Waals surface area contributed by atoms with E-state index in [4.69, 9.17) is 9.84 Å². The predicted octanol–water partition coefficient (Wildman–Crippen LogP) is -0.680. The lowest BCUT2D eigenvalue weighted by Gasteiger charge is -2.29. The normalized spacial score (nSPS) is 20.6. The quantitative estimate of drug-likeness (QED) is 0.675. The molecule has 5 nitrogen and oxygen atoms in total. The summed E-state index contributed by atoms with van der Waals surface area (Å²) >= 11 is 1.37. The number of thioether (sulfide) groups is 1. The zero-order valence-electron chi connectivity index (χ0n) is 9.46. The molecule has 2 unspecified atom stereocenters. The molecule has 2 N–H and O–H groups in total. The monoisotopic (exact) mass is 249 g/mol. The lowest BCUT2D eigenvalue weighted by atomic mass is 10.3. The number of ether oxygens (including phenoxy) is 1. The van der Waals surface area contributed by atoms with Crippen LogP contribution < -0.4 is 0 Å². The number of carbonyl (C=O) groups excluding carboxylic acids is 1. The van der Waals surface area contributed by atoms with Crippen LogP contribution in [0, 0.1) is 0 Å². The minimum Gasteiger partial charge on any atom is -0.394 e. The van der Waals surface area contributed by atoms with E-state index in [1.807, 2.05) is 6.92 Å². The van der Waals surface area contributed by atoms with Crippen molar-refractivity contribution in [2.24, 2.45) is 0 Å². The molecular formula is C10H19NO4S. The fourth-order valence-electron chi connectivity index (χ4n) is 1.42. The third-order valence-corrected chi connectivity index (χ3v) is 3.70. The molecular weight excluding hydrogens is 230 g/mol. The highest BCUT2D eigenvalue weighted by molar-refractivity contribution is 8.00. The Morgan fingerprint density at radius 3 is 2.69 bits per heavy atom. The molecule has 94 valence electrons. The Morgan fingerprint density at radius 1 is 1.50 bits per heavy atom. The molecule has 2 atom stereocenters. The lowest BCUT2D eigenvalue weighted by molar-refractivity contribution is -0.134. The molecule has 0 aromatic heterocycles. The van der Waals surface area contributed by atoms with Crippen LogP contribution in [0.4, 0.5) is 0 Å². The molecule has 0 saturated carbocycles. The molecule has 0 radical (unpaired) electrons. The van der Waals surface area contributed by atoms with Crippen molar-refractivity contribution in [3.63, 3.8) is 0 Å². The van der Waals surface area contributed by atoms with Gasteiger partial charge in [-0.3, -0.25) is 4.79 Å². The molecule has 0 bridgehead atoms. The largest absolute Gasteiger partial charge is 0.394 e. The van der Waals surface area contributed by atoms with Gasteiger partial charge in [-0.25, -0.2) is 0 Å². The fourth-order valence-corrected chi connectivity index (χ4v) is 2.33. The standard InChI is InChI=1S/C10H19NO4S/c1-8(16-7-9(13)6-12)10(14)11-2-4-15-5-3-11/h8-9,12-13H,2-7H2,1H3. The van der Waals surface area contributed by atoms with Gasteiger partial charge in [-0.2, -0.15) is 0 Å². The van der Waals surface area contributed by atoms with Crippen molar-refractivity contribution >= 4 is 17.7 Å². The summed E-state index contributed by atoms with van der Waals surface area (Å²) < 4.78 is 5.17. The summed E-state index contributed by atoms with van der Waals surface area (Å²) in [7, 11) is 0.